The van der Waals surface area contributed by atoms with Gasteiger partial charge >= 0.3 is 11.9 Å². The zero-order valence-corrected chi connectivity index (χ0v) is 8.91. The molecule has 0 spiro atoms. The number of alkyl halides is 1. The number of rotatable bonds is 5. The van der Waals surface area contributed by atoms with Gasteiger partial charge in [0, 0.05) is 6.07 Å². The monoisotopic (exact) mass is 257 g/mol. The second-order valence-corrected chi connectivity index (χ2v) is 3.18. The number of carboxylic acids is 1. The highest BCUT2D eigenvalue weighted by atomic mass is 19.1. The summed E-state index contributed by atoms with van der Waals surface area (Å²) in [6, 6.07) is 4.94. The van der Waals surface area contributed by atoms with Gasteiger partial charge in [-0.1, -0.05) is 12.1 Å². The van der Waals surface area contributed by atoms with Gasteiger partial charge in [0.1, 0.15) is 12.2 Å². The van der Waals surface area contributed by atoms with Crippen LogP contribution < -0.4 is 0 Å². The second kappa shape index (κ2) is 5.71. The first kappa shape index (κ1) is 13.6. The van der Waals surface area contributed by atoms with Crippen molar-refractivity contribution in [3.63, 3.8) is 0 Å². The summed E-state index contributed by atoms with van der Waals surface area (Å²) < 4.78 is 17.0. The molecule has 0 aliphatic carbocycles. The quantitative estimate of drug-likeness (QED) is 0.482. The van der Waals surface area contributed by atoms with E-state index in [0.717, 1.165) is 12.1 Å². The number of aliphatic carboxylic acids is 1. The van der Waals surface area contributed by atoms with E-state index in [1.165, 1.54) is 12.1 Å². The van der Waals surface area contributed by atoms with E-state index in [1.54, 1.807) is 0 Å². The summed E-state index contributed by atoms with van der Waals surface area (Å²) in [6.45, 7) is -1.000. The van der Waals surface area contributed by atoms with Crippen LogP contribution in [0, 0.1) is 10.1 Å². The molecular weight excluding hydrogens is 249 g/mol. The summed E-state index contributed by atoms with van der Waals surface area (Å²) >= 11 is 0. The molecule has 96 valence electrons. The Hall–Kier alpha value is -2.51. The molecule has 1 unspecified atom stereocenters. The highest BCUT2D eigenvalue weighted by Gasteiger charge is 2.23. The van der Waals surface area contributed by atoms with Crippen LogP contribution in [-0.2, 0) is 9.53 Å². The van der Waals surface area contributed by atoms with Crippen LogP contribution in [0.1, 0.15) is 10.4 Å². The van der Waals surface area contributed by atoms with Gasteiger partial charge in [0.15, 0.2) is 0 Å². The van der Waals surface area contributed by atoms with Crippen molar-refractivity contribution in [2.45, 2.75) is 6.17 Å². The number of carbonyl (C=O) groups excluding carboxylic acids is 1. The van der Waals surface area contributed by atoms with Crippen molar-refractivity contribution in [3.8, 4) is 0 Å². The van der Waals surface area contributed by atoms with Gasteiger partial charge in [0.25, 0.3) is 5.69 Å². The van der Waals surface area contributed by atoms with Gasteiger partial charge in [0.2, 0.25) is 6.17 Å². The molecule has 1 N–H and O–H groups in total. The Morgan fingerprint density at radius 3 is 2.61 bits per heavy atom. The predicted molar refractivity (Wildman–Crippen MR) is 55.9 cm³/mol. The number of hydrogen-bond donors (Lipinski definition) is 1. The third-order valence-corrected chi connectivity index (χ3v) is 1.95. The van der Waals surface area contributed by atoms with Gasteiger partial charge in [-0.3, -0.25) is 10.1 Å². The SMILES string of the molecule is O=C(OCC(F)C(=O)O)c1ccccc1[N+](=O)[O-]. The number of carboxylic acid groups (broad SMARTS) is 1. The zero-order valence-electron chi connectivity index (χ0n) is 8.91. The number of halogens is 1. The van der Waals surface area contributed by atoms with E-state index in [4.69, 9.17) is 5.11 Å². The number of benzene rings is 1. The maximum absolute atomic E-state index is 12.7. The van der Waals surface area contributed by atoms with Crippen LogP contribution in [0.5, 0.6) is 0 Å². The summed E-state index contributed by atoms with van der Waals surface area (Å²) in [5, 5.41) is 18.8. The van der Waals surface area contributed by atoms with Crippen LogP contribution >= 0.6 is 0 Å². The average Bonchev–Trinajstić information content (AvgIpc) is 2.35. The predicted octanol–water partition coefficient (Wildman–Crippen LogP) is 1.17. The number of nitro benzene ring substituents is 1. The van der Waals surface area contributed by atoms with E-state index >= 15 is 0 Å². The molecule has 0 bridgehead atoms. The molecule has 1 aromatic carbocycles. The van der Waals surface area contributed by atoms with E-state index in [-0.39, 0.29) is 5.56 Å². The van der Waals surface area contributed by atoms with Crippen LogP contribution in [0.15, 0.2) is 24.3 Å². The third-order valence-electron chi connectivity index (χ3n) is 1.95. The van der Waals surface area contributed by atoms with Crippen LogP contribution in [-0.4, -0.2) is 34.7 Å². The third kappa shape index (κ3) is 3.24. The van der Waals surface area contributed by atoms with Gasteiger partial charge in [-0.15, -0.1) is 0 Å². The lowest BCUT2D eigenvalue weighted by Crippen LogP contribution is -2.23. The molecular formula is C10H8FNO6. The van der Waals surface area contributed by atoms with Gasteiger partial charge < -0.3 is 9.84 Å². The smallest absolute Gasteiger partial charge is 0.345 e. The normalized spacial score (nSPS) is 11.6. The van der Waals surface area contributed by atoms with Gasteiger partial charge in [-0.2, -0.15) is 0 Å². The van der Waals surface area contributed by atoms with Gasteiger partial charge in [-0.25, -0.2) is 14.0 Å². The lowest BCUT2D eigenvalue weighted by atomic mass is 10.2. The Bertz CT molecular complexity index is 489. The first-order valence-corrected chi connectivity index (χ1v) is 4.71. The van der Waals surface area contributed by atoms with E-state index < -0.39 is 35.3 Å². The summed E-state index contributed by atoms with van der Waals surface area (Å²) in [7, 11) is 0. The molecule has 0 saturated heterocycles. The minimum absolute atomic E-state index is 0.361. The Morgan fingerprint density at radius 1 is 1.44 bits per heavy atom. The number of hydrogen-bond acceptors (Lipinski definition) is 5. The van der Waals surface area contributed by atoms with Crippen molar-refractivity contribution in [2.24, 2.45) is 0 Å². The molecule has 1 rings (SSSR count). The number of carbonyl (C=O) groups is 2. The highest BCUT2D eigenvalue weighted by molar-refractivity contribution is 5.94. The zero-order chi connectivity index (χ0) is 13.7. The van der Waals surface area contributed by atoms with Crippen LogP contribution in [0.2, 0.25) is 0 Å². The Labute approximate surface area is 99.9 Å². The molecule has 0 aromatic heterocycles. The van der Waals surface area contributed by atoms with Crippen molar-refractivity contribution in [3.05, 3.63) is 39.9 Å². The lowest BCUT2D eigenvalue weighted by Gasteiger charge is -2.06. The summed E-state index contributed by atoms with van der Waals surface area (Å²) in [5.41, 5.74) is -0.853. The van der Waals surface area contributed by atoms with Crippen molar-refractivity contribution < 1.29 is 28.7 Å². The maximum Gasteiger partial charge on any atom is 0.345 e. The first-order chi connectivity index (χ1) is 8.43. The summed E-state index contributed by atoms with van der Waals surface area (Å²) in [4.78, 5) is 31.4. The fourth-order valence-electron chi connectivity index (χ4n) is 1.10. The van der Waals surface area contributed by atoms with Crippen molar-refractivity contribution in [1.29, 1.82) is 0 Å². The fraction of sp³-hybridized carbons (Fsp3) is 0.200. The standard InChI is InChI=1S/C10H8FNO6/c11-7(9(13)14)5-18-10(15)6-3-1-2-4-8(6)12(16)17/h1-4,7H,5H2,(H,13,14). The van der Waals surface area contributed by atoms with Crippen LogP contribution in [0.3, 0.4) is 0 Å². The molecule has 0 radical (unpaired) electrons. The molecule has 18 heavy (non-hydrogen) atoms. The molecule has 0 aliphatic rings. The maximum atomic E-state index is 12.7. The van der Waals surface area contributed by atoms with Crippen LogP contribution in [0.4, 0.5) is 10.1 Å². The minimum Gasteiger partial charge on any atom is -0.479 e. The van der Waals surface area contributed by atoms with Gasteiger partial charge in [0.05, 0.1) is 4.92 Å². The molecule has 1 aromatic rings. The van der Waals surface area contributed by atoms with E-state index in [9.17, 15) is 24.1 Å². The number of ether oxygens (including phenoxy) is 1. The fourth-order valence-corrected chi connectivity index (χ4v) is 1.10. The van der Waals surface area contributed by atoms with E-state index in [1.807, 2.05) is 0 Å². The Balaban J connectivity index is 2.79. The van der Waals surface area contributed by atoms with Crippen LogP contribution in [0.25, 0.3) is 0 Å². The average molecular weight is 257 g/mol. The van der Waals surface area contributed by atoms with E-state index in [0.29, 0.717) is 0 Å². The van der Waals surface area contributed by atoms with Crippen molar-refractivity contribution >= 4 is 17.6 Å². The second-order valence-electron chi connectivity index (χ2n) is 3.18. The molecule has 8 heteroatoms. The molecule has 0 aliphatic heterocycles. The van der Waals surface area contributed by atoms with E-state index in [2.05, 4.69) is 4.74 Å². The topological polar surface area (TPSA) is 107 Å². The molecule has 0 fully saturated rings. The van der Waals surface area contributed by atoms with Gasteiger partial charge in [-0.05, 0) is 6.07 Å². The Kier molecular flexibility index (Phi) is 4.30. The molecule has 7 nitrogen and oxygen atoms in total. The number of nitrogens with zero attached hydrogens (tertiary/aromatic N) is 1. The molecule has 0 amide bonds. The number of esters is 1. The Morgan fingerprint density at radius 2 is 2.06 bits per heavy atom. The van der Waals surface area contributed by atoms with Crippen molar-refractivity contribution in [2.75, 3.05) is 6.61 Å². The summed E-state index contributed by atoms with van der Waals surface area (Å²) in [6.07, 6.45) is -2.36. The lowest BCUT2D eigenvalue weighted by molar-refractivity contribution is -0.385. The number of para-hydroxylation sites is 1. The minimum atomic E-state index is -2.36. The highest BCUT2D eigenvalue weighted by Crippen LogP contribution is 2.18. The number of nitro groups is 1. The largest absolute Gasteiger partial charge is 0.479 e. The molecule has 1 atom stereocenters. The summed E-state index contributed by atoms with van der Waals surface area (Å²) in [5.74, 6) is -2.92. The van der Waals surface area contributed by atoms with Crippen molar-refractivity contribution in [1.82, 2.24) is 0 Å². The molecule has 0 saturated carbocycles. The first-order valence-electron chi connectivity index (χ1n) is 4.71. The molecule has 0 heterocycles.